The van der Waals surface area contributed by atoms with E-state index >= 15 is 0 Å². The van der Waals surface area contributed by atoms with E-state index in [1.807, 2.05) is 0 Å². The molecule has 1 N–H and O–H groups in total. The van der Waals surface area contributed by atoms with Crippen LogP contribution in [-0.4, -0.2) is 6.54 Å². The van der Waals surface area contributed by atoms with Crippen LogP contribution in [0.1, 0.15) is 50.8 Å². The van der Waals surface area contributed by atoms with Crippen molar-refractivity contribution in [2.75, 3.05) is 6.54 Å². The molecule has 0 saturated carbocycles. The molecule has 96 valence electrons. The molecule has 0 bridgehead atoms. The number of rotatable bonds is 6. The van der Waals surface area contributed by atoms with Gasteiger partial charge < -0.3 is 5.32 Å². The van der Waals surface area contributed by atoms with Crippen LogP contribution in [0.15, 0.2) is 18.2 Å². The smallest absolute Gasteiger partial charge is 0.0483 e. The van der Waals surface area contributed by atoms with Crippen molar-refractivity contribution in [2.45, 2.75) is 46.6 Å². The molecule has 0 radical (unpaired) electrons. The molecule has 0 heterocycles. The Labute approximate surface area is 111 Å². The van der Waals surface area contributed by atoms with E-state index < -0.39 is 0 Å². The molecule has 0 saturated heterocycles. The van der Waals surface area contributed by atoms with Gasteiger partial charge in [0.2, 0.25) is 0 Å². The minimum atomic E-state index is 0.368. The van der Waals surface area contributed by atoms with Crippen molar-refractivity contribution in [3.63, 3.8) is 0 Å². The van der Waals surface area contributed by atoms with Crippen molar-refractivity contribution in [2.24, 2.45) is 5.92 Å². The van der Waals surface area contributed by atoms with E-state index in [-0.39, 0.29) is 0 Å². The topological polar surface area (TPSA) is 12.0 Å². The van der Waals surface area contributed by atoms with Crippen LogP contribution in [0, 0.1) is 12.8 Å². The molecule has 17 heavy (non-hydrogen) atoms. The summed E-state index contributed by atoms with van der Waals surface area (Å²) in [5, 5.41) is 4.54. The van der Waals surface area contributed by atoms with Crippen LogP contribution in [0.4, 0.5) is 0 Å². The third-order valence-electron chi connectivity index (χ3n) is 3.38. The highest BCUT2D eigenvalue weighted by Gasteiger charge is 2.20. The zero-order chi connectivity index (χ0) is 12.8. The Morgan fingerprint density at radius 2 is 2.00 bits per heavy atom. The molecule has 0 aliphatic carbocycles. The Bertz CT molecular complexity index is 349. The Morgan fingerprint density at radius 1 is 1.29 bits per heavy atom. The summed E-state index contributed by atoms with van der Waals surface area (Å²) in [6.45, 7) is 9.82. The first-order chi connectivity index (χ1) is 8.11. The monoisotopic (exact) mass is 253 g/mol. The summed E-state index contributed by atoms with van der Waals surface area (Å²) < 4.78 is 0. The van der Waals surface area contributed by atoms with Crippen molar-refractivity contribution in [3.8, 4) is 0 Å². The zero-order valence-electron chi connectivity index (χ0n) is 11.4. The number of benzene rings is 1. The molecule has 0 aliphatic rings. The summed E-state index contributed by atoms with van der Waals surface area (Å²) in [5.74, 6) is 0.598. The van der Waals surface area contributed by atoms with Crippen molar-refractivity contribution in [1.82, 2.24) is 5.32 Å². The van der Waals surface area contributed by atoms with E-state index in [0.717, 1.165) is 30.0 Å². The maximum atomic E-state index is 6.43. The Hall–Kier alpha value is -0.530. The fourth-order valence-electron chi connectivity index (χ4n) is 2.06. The average molecular weight is 254 g/mol. The Balaban J connectivity index is 2.99. The quantitative estimate of drug-likeness (QED) is 0.773. The van der Waals surface area contributed by atoms with Gasteiger partial charge >= 0.3 is 0 Å². The van der Waals surface area contributed by atoms with E-state index in [2.05, 4.69) is 51.2 Å². The average Bonchev–Trinajstić information content (AvgIpc) is 2.34. The Morgan fingerprint density at radius 3 is 2.59 bits per heavy atom. The van der Waals surface area contributed by atoms with Crippen molar-refractivity contribution in [3.05, 3.63) is 34.3 Å². The van der Waals surface area contributed by atoms with E-state index in [4.69, 9.17) is 11.6 Å². The molecule has 2 atom stereocenters. The lowest BCUT2D eigenvalue weighted by Crippen LogP contribution is -2.27. The maximum Gasteiger partial charge on any atom is 0.0483 e. The predicted octanol–water partition coefficient (Wildman–Crippen LogP) is 4.74. The van der Waals surface area contributed by atoms with Gasteiger partial charge in [0, 0.05) is 11.1 Å². The van der Waals surface area contributed by atoms with Crippen LogP contribution in [0.2, 0.25) is 5.02 Å². The van der Waals surface area contributed by atoms with E-state index in [1.165, 1.54) is 5.56 Å². The van der Waals surface area contributed by atoms with Gasteiger partial charge in [0.25, 0.3) is 0 Å². The molecule has 0 fully saturated rings. The molecule has 0 amide bonds. The number of aryl methyl sites for hydroxylation is 1. The zero-order valence-corrected chi connectivity index (χ0v) is 12.1. The number of hydrogen-bond donors (Lipinski definition) is 1. The van der Waals surface area contributed by atoms with Gasteiger partial charge in [-0.3, -0.25) is 0 Å². The molecule has 0 aromatic heterocycles. The third kappa shape index (κ3) is 3.72. The maximum absolute atomic E-state index is 6.43. The molecule has 1 rings (SSSR count). The van der Waals surface area contributed by atoms with Gasteiger partial charge in [0.15, 0.2) is 0 Å². The van der Waals surface area contributed by atoms with Gasteiger partial charge in [-0.15, -0.1) is 0 Å². The number of nitrogens with one attached hydrogen (secondary N) is 1. The van der Waals surface area contributed by atoms with Gasteiger partial charge in [-0.1, -0.05) is 57.0 Å². The van der Waals surface area contributed by atoms with Gasteiger partial charge in [-0.05, 0) is 36.9 Å². The minimum absolute atomic E-state index is 0.368. The van der Waals surface area contributed by atoms with Crippen molar-refractivity contribution in [1.29, 1.82) is 0 Å². The molecular formula is C15H24ClN. The van der Waals surface area contributed by atoms with Crippen LogP contribution in [0.25, 0.3) is 0 Å². The van der Waals surface area contributed by atoms with E-state index in [9.17, 15) is 0 Å². The first-order valence-electron chi connectivity index (χ1n) is 6.60. The van der Waals surface area contributed by atoms with Crippen LogP contribution < -0.4 is 5.32 Å². The fraction of sp³-hybridized carbons (Fsp3) is 0.600. The molecular weight excluding hydrogens is 230 g/mol. The normalized spacial score (nSPS) is 14.6. The summed E-state index contributed by atoms with van der Waals surface area (Å²) in [6.07, 6.45) is 2.31. The second kappa shape index (κ2) is 7.03. The first kappa shape index (κ1) is 14.5. The number of halogens is 1. The molecule has 1 aromatic carbocycles. The summed E-state index contributed by atoms with van der Waals surface area (Å²) in [5.41, 5.74) is 2.41. The Kier molecular flexibility index (Phi) is 6.01. The first-order valence-corrected chi connectivity index (χ1v) is 6.98. The van der Waals surface area contributed by atoms with Crippen LogP contribution in [0.5, 0.6) is 0 Å². The molecule has 2 heteroatoms. The second-order valence-electron chi connectivity index (χ2n) is 4.80. The standard InChI is InChI=1S/C15H24ClN/c1-5-10-17-15(11(3)6-2)13-9-7-8-12(4)14(13)16/h7-9,11,15,17H,5-6,10H2,1-4H3. The largest absolute Gasteiger partial charge is 0.310 e. The summed E-state index contributed by atoms with van der Waals surface area (Å²) in [4.78, 5) is 0. The highest BCUT2D eigenvalue weighted by Crippen LogP contribution is 2.31. The summed E-state index contributed by atoms with van der Waals surface area (Å²) >= 11 is 6.43. The second-order valence-corrected chi connectivity index (χ2v) is 5.17. The lowest BCUT2D eigenvalue weighted by Gasteiger charge is -2.26. The van der Waals surface area contributed by atoms with Crippen LogP contribution in [-0.2, 0) is 0 Å². The van der Waals surface area contributed by atoms with Crippen molar-refractivity contribution < 1.29 is 0 Å². The molecule has 0 aliphatic heterocycles. The lowest BCUT2D eigenvalue weighted by molar-refractivity contribution is 0.377. The number of hydrogen-bond acceptors (Lipinski definition) is 1. The molecule has 1 aromatic rings. The van der Waals surface area contributed by atoms with Crippen molar-refractivity contribution >= 4 is 11.6 Å². The minimum Gasteiger partial charge on any atom is -0.310 e. The van der Waals surface area contributed by atoms with Gasteiger partial charge in [0.1, 0.15) is 0 Å². The van der Waals surface area contributed by atoms with Gasteiger partial charge in [0.05, 0.1) is 0 Å². The van der Waals surface area contributed by atoms with E-state index in [0.29, 0.717) is 12.0 Å². The van der Waals surface area contributed by atoms with Crippen LogP contribution in [0.3, 0.4) is 0 Å². The van der Waals surface area contributed by atoms with E-state index in [1.54, 1.807) is 0 Å². The summed E-state index contributed by atoms with van der Waals surface area (Å²) in [6, 6.07) is 6.68. The SMILES string of the molecule is CCCNC(c1cccc(C)c1Cl)C(C)CC. The summed E-state index contributed by atoms with van der Waals surface area (Å²) in [7, 11) is 0. The molecule has 0 spiro atoms. The van der Waals surface area contributed by atoms with Crippen LogP contribution >= 0.6 is 11.6 Å². The van der Waals surface area contributed by atoms with Gasteiger partial charge in [-0.25, -0.2) is 0 Å². The van der Waals surface area contributed by atoms with Gasteiger partial charge in [-0.2, -0.15) is 0 Å². The highest BCUT2D eigenvalue weighted by atomic mass is 35.5. The lowest BCUT2D eigenvalue weighted by atomic mass is 9.91. The predicted molar refractivity (Wildman–Crippen MR) is 76.7 cm³/mol. The molecule has 2 unspecified atom stereocenters. The third-order valence-corrected chi connectivity index (χ3v) is 3.90. The fourth-order valence-corrected chi connectivity index (χ4v) is 2.31. The molecule has 1 nitrogen and oxygen atoms in total. The highest BCUT2D eigenvalue weighted by molar-refractivity contribution is 6.32.